The van der Waals surface area contributed by atoms with Gasteiger partial charge in [0.15, 0.2) is 5.75 Å². The Morgan fingerprint density at radius 2 is 1.83 bits per heavy atom. The average Bonchev–Trinajstić information content (AvgIpc) is 2.46. The SMILES string of the molecule is COc1c(NS(=O)(=O)c2ccc(C)cc2)cc(Br)cc1C(N)=O. The Labute approximate surface area is 142 Å². The molecule has 0 saturated carbocycles. The van der Waals surface area contributed by atoms with E-state index >= 15 is 0 Å². The van der Waals surface area contributed by atoms with Crippen LogP contribution in [0.3, 0.4) is 0 Å². The third kappa shape index (κ3) is 3.83. The molecule has 6 nitrogen and oxygen atoms in total. The third-order valence-corrected chi connectivity index (χ3v) is 4.94. The summed E-state index contributed by atoms with van der Waals surface area (Å²) in [6.45, 7) is 1.86. The zero-order valence-corrected chi connectivity index (χ0v) is 14.9. The molecule has 0 spiro atoms. The molecule has 0 saturated heterocycles. The molecule has 0 bridgehead atoms. The van der Waals surface area contributed by atoms with E-state index in [-0.39, 0.29) is 21.9 Å². The number of benzene rings is 2. The summed E-state index contributed by atoms with van der Waals surface area (Å²) in [5.41, 5.74) is 6.44. The van der Waals surface area contributed by atoms with Crippen molar-refractivity contribution in [3.63, 3.8) is 0 Å². The maximum absolute atomic E-state index is 12.5. The normalized spacial score (nSPS) is 11.1. The summed E-state index contributed by atoms with van der Waals surface area (Å²) in [4.78, 5) is 11.6. The molecule has 2 aromatic carbocycles. The molecule has 2 aromatic rings. The van der Waals surface area contributed by atoms with Gasteiger partial charge in [-0.3, -0.25) is 9.52 Å². The summed E-state index contributed by atoms with van der Waals surface area (Å²) < 4.78 is 33.0. The van der Waals surface area contributed by atoms with E-state index in [2.05, 4.69) is 20.7 Å². The molecule has 0 aliphatic carbocycles. The molecule has 0 aliphatic rings. The Hall–Kier alpha value is -2.06. The average molecular weight is 399 g/mol. The van der Waals surface area contributed by atoms with E-state index in [1.807, 2.05) is 6.92 Å². The molecule has 1 amide bonds. The summed E-state index contributed by atoms with van der Waals surface area (Å²) in [7, 11) is -2.49. The van der Waals surface area contributed by atoms with E-state index in [4.69, 9.17) is 10.5 Å². The van der Waals surface area contributed by atoms with Gasteiger partial charge in [-0.1, -0.05) is 33.6 Å². The molecule has 23 heavy (non-hydrogen) atoms. The lowest BCUT2D eigenvalue weighted by Crippen LogP contribution is -2.17. The summed E-state index contributed by atoms with van der Waals surface area (Å²) in [5, 5.41) is 0. The van der Waals surface area contributed by atoms with E-state index in [1.165, 1.54) is 31.4 Å². The van der Waals surface area contributed by atoms with Crippen molar-refractivity contribution in [1.29, 1.82) is 0 Å². The zero-order valence-electron chi connectivity index (χ0n) is 12.5. The highest BCUT2D eigenvalue weighted by molar-refractivity contribution is 9.10. The quantitative estimate of drug-likeness (QED) is 0.808. The van der Waals surface area contributed by atoms with Crippen LogP contribution in [0.4, 0.5) is 5.69 Å². The second-order valence-electron chi connectivity index (χ2n) is 4.82. The van der Waals surface area contributed by atoms with Crippen molar-refractivity contribution in [2.45, 2.75) is 11.8 Å². The second-order valence-corrected chi connectivity index (χ2v) is 7.42. The minimum absolute atomic E-state index is 0.0661. The molecule has 122 valence electrons. The van der Waals surface area contributed by atoms with Gasteiger partial charge in [0.05, 0.1) is 23.3 Å². The van der Waals surface area contributed by atoms with Crippen LogP contribution in [0.25, 0.3) is 0 Å². The zero-order chi connectivity index (χ0) is 17.2. The van der Waals surface area contributed by atoms with Gasteiger partial charge >= 0.3 is 0 Å². The van der Waals surface area contributed by atoms with Crippen LogP contribution in [-0.4, -0.2) is 21.4 Å². The van der Waals surface area contributed by atoms with Crippen molar-refractivity contribution < 1.29 is 17.9 Å². The van der Waals surface area contributed by atoms with Gasteiger partial charge in [-0.2, -0.15) is 0 Å². The van der Waals surface area contributed by atoms with Crippen LogP contribution in [0.1, 0.15) is 15.9 Å². The van der Waals surface area contributed by atoms with Gasteiger partial charge in [0.1, 0.15) is 0 Å². The summed E-state index contributed by atoms with van der Waals surface area (Å²) >= 11 is 3.22. The molecule has 0 fully saturated rings. The first kappa shape index (κ1) is 17.3. The minimum Gasteiger partial charge on any atom is -0.494 e. The number of amides is 1. The van der Waals surface area contributed by atoms with Crippen molar-refractivity contribution in [3.05, 3.63) is 52.0 Å². The number of sulfonamides is 1. The van der Waals surface area contributed by atoms with Gasteiger partial charge in [-0.15, -0.1) is 0 Å². The highest BCUT2D eigenvalue weighted by Gasteiger charge is 2.20. The number of ether oxygens (including phenoxy) is 1. The van der Waals surface area contributed by atoms with Crippen LogP contribution in [-0.2, 0) is 10.0 Å². The van der Waals surface area contributed by atoms with Crippen molar-refractivity contribution in [2.24, 2.45) is 5.73 Å². The lowest BCUT2D eigenvalue weighted by molar-refractivity contribution is 0.0997. The molecule has 2 rings (SSSR count). The number of halogens is 1. The van der Waals surface area contributed by atoms with Gasteiger partial charge < -0.3 is 10.5 Å². The number of anilines is 1. The van der Waals surface area contributed by atoms with E-state index in [1.54, 1.807) is 12.1 Å². The minimum atomic E-state index is -3.82. The van der Waals surface area contributed by atoms with Gasteiger partial charge in [-0.25, -0.2) is 8.42 Å². The highest BCUT2D eigenvalue weighted by atomic mass is 79.9. The topological polar surface area (TPSA) is 98.5 Å². The molecule has 0 radical (unpaired) electrons. The fourth-order valence-electron chi connectivity index (χ4n) is 1.99. The molecular formula is C15H15BrN2O4S. The fourth-order valence-corrected chi connectivity index (χ4v) is 3.50. The monoisotopic (exact) mass is 398 g/mol. The molecule has 8 heteroatoms. The molecular weight excluding hydrogens is 384 g/mol. The maximum atomic E-state index is 12.5. The molecule has 0 heterocycles. The molecule has 0 atom stereocenters. The first-order valence-corrected chi connectivity index (χ1v) is 8.79. The molecule has 0 aromatic heterocycles. The van der Waals surface area contributed by atoms with Crippen molar-refractivity contribution in [1.82, 2.24) is 0 Å². The first-order chi connectivity index (χ1) is 10.7. The second kappa shape index (κ2) is 6.59. The Balaban J connectivity index is 2.50. The van der Waals surface area contributed by atoms with Crippen LogP contribution >= 0.6 is 15.9 Å². The van der Waals surface area contributed by atoms with Crippen LogP contribution < -0.4 is 15.2 Å². The van der Waals surface area contributed by atoms with Crippen LogP contribution in [0.5, 0.6) is 5.75 Å². The van der Waals surface area contributed by atoms with Gasteiger partial charge in [-0.05, 0) is 31.2 Å². The van der Waals surface area contributed by atoms with Crippen LogP contribution in [0.15, 0.2) is 45.8 Å². The van der Waals surface area contributed by atoms with Gasteiger partial charge in [0.25, 0.3) is 15.9 Å². The van der Waals surface area contributed by atoms with Crippen molar-refractivity contribution in [3.8, 4) is 5.75 Å². The first-order valence-electron chi connectivity index (χ1n) is 6.51. The Bertz CT molecular complexity index is 849. The largest absolute Gasteiger partial charge is 0.494 e. The smallest absolute Gasteiger partial charge is 0.262 e. The number of rotatable bonds is 5. The predicted octanol–water partition coefficient (Wildman–Crippen LogP) is 2.67. The number of primary amides is 1. The molecule has 0 unspecified atom stereocenters. The Morgan fingerprint density at radius 1 is 1.22 bits per heavy atom. The predicted molar refractivity (Wildman–Crippen MR) is 91.2 cm³/mol. The van der Waals surface area contributed by atoms with Crippen LogP contribution in [0.2, 0.25) is 0 Å². The standard InChI is InChI=1S/C15H15BrN2O4S/c1-9-3-5-11(6-4-9)23(20,21)18-13-8-10(16)7-12(15(17)19)14(13)22-2/h3-8,18H,1-2H3,(H2,17,19). The van der Waals surface area contributed by atoms with Gasteiger partial charge in [0.2, 0.25) is 0 Å². The van der Waals surface area contributed by atoms with Crippen molar-refractivity contribution in [2.75, 3.05) is 11.8 Å². The Morgan fingerprint density at radius 3 is 2.35 bits per heavy atom. The van der Waals surface area contributed by atoms with E-state index in [0.717, 1.165) is 5.56 Å². The number of methoxy groups -OCH3 is 1. The van der Waals surface area contributed by atoms with E-state index in [0.29, 0.717) is 4.47 Å². The number of nitrogens with one attached hydrogen (secondary N) is 1. The van der Waals surface area contributed by atoms with E-state index < -0.39 is 15.9 Å². The number of carbonyl (C=O) groups excluding carboxylic acids is 1. The summed E-state index contributed by atoms with van der Waals surface area (Å²) in [6.07, 6.45) is 0. The summed E-state index contributed by atoms with van der Waals surface area (Å²) in [6, 6.07) is 9.35. The highest BCUT2D eigenvalue weighted by Crippen LogP contribution is 2.34. The lowest BCUT2D eigenvalue weighted by Gasteiger charge is -2.15. The third-order valence-electron chi connectivity index (χ3n) is 3.10. The molecule has 3 N–H and O–H groups in total. The number of hydrogen-bond acceptors (Lipinski definition) is 4. The van der Waals surface area contributed by atoms with Crippen molar-refractivity contribution >= 4 is 37.5 Å². The maximum Gasteiger partial charge on any atom is 0.262 e. The fraction of sp³-hybridized carbons (Fsp3) is 0.133. The lowest BCUT2D eigenvalue weighted by atomic mass is 10.1. The van der Waals surface area contributed by atoms with Crippen LogP contribution in [0, 0.1) is 6.92 Å². The van der Waals surface area contributed by atoms with Gasteiger partial charge in [0, 0.05) is 4.47 Å². The number of nitrogens with two attached hydrogens (primary N) is 1. The number of aryl methyl sites for hydroxylation is 1. The summed E-state index contributed by atoms with van der Waals surface area (Å²) in [5.74, 6) is -0.657. The number of carbonyl (C=O) groups is 1. The Kier molecular flexibility index (Phi) is 4.96. The molecule has 0 aliphatic heterocycles. The number of hydrogen-bond donors (Lipinski definition) is 2. The van der Waals surface area contributed by atoms with E-state index in [9.17, 15) is 13.2 Å².